The van der Waals surface area contributed by atoms with Gasteiger partial charge >= 0.3 is 0 Å². The molecule has 0 saturated heterocycles. The standard InChI is InChI=1S/C17H25N3O/c1-11-6-7-17(21-5)14(8-11)9-15(18)10-16-12(2)19-20(4)13(16)3/h6-8,15H,9-10,18H2,1-5H3. The van der Waals surface area contributed by atoms with Crippen molar-refractivity contribution in [3.63, 3.8) is 0 Å². The maximum atomic E-state index is 6.37. The largest absolute Gasteiger partial charge is 0.496 e. The van der Waals surface area contributed by atoms with E-state index in [0.29, 0.717) is 0 Å². The number of nitrogens with two attached hydrogens (primary N) is 1. The lowest BCUT2D eigenvalue weighted by Gasteiger charge is -2.15. The molecule has 0 radical (unpaired) electrons. The predicted molar refractivity (Wildman–Crippen MR) is 85.8 cm³/mol. The van der Waals surface area contributed by atoms with Crippen molar-refractivity contribution in [1.29, 1.82) is 0 Å². The molecule has 1 aromatic carbocycles. The highest BCUT2D eigenvalue weighted by molar-refractivity contribution is 5.37. The second kappa shape index (κ2) is 6.31. The third-order valence-electron chi connectivity index (χ3n) is 4.04. The van der Waals surface area contributed by atoms with Crippen LogP contribution in [0.25, 0.3) is 0 Å². The average Bonchev–Trinajstić information content (AvgIpc) is 2.66. The fraction of sp³-hybridized carbons (Fsp3) is 0.471. The highest BCUT2D eigenvalue weighted by Gasteiger charge is 2.15. The highest BCUT2D eigenvalue weighted by Crippen LogP contribution is 2.22. The predicted octanol–water partition coefficient (Wildman–Crippen LogP) is 2.47. The van der Waals surface area contributed by atoms with Gasteiger partial charge in [0, 0.05) is 18.8 Å². The van der Waals surface area contributed by atoms with Crippen LogP contribution in [0.3, 0.4) is 0 Å². The summed E-state index contributed by atoms with van der Waals surface area (Å²) in [4.78, 5) is 0. The van der Waals surface area contributed by atoms with Crippen molar-refractivity contribution in [3.05, 3.63) is 46.3 Å². The molecule has 0 aliphatic rings. The van der Waals surface area contributed by atoms with E-state index in [2.05, 4.69) is 31.1 Å². The summed E-state index contributed by atoms with van der Waals surface area (Å²) in [6.45, 7) is 6.22. The molecule has 1 atom stereocenters. The molecule has 1 heterocycles. The topological polar surface area (TPSA) is 53.1 Å². The minimum Gasteiger partial charge on any atom is -0.496 e. The fourth-order valence-electron chi connectivity index (χ4n) is 2.80. The molecule has 0 spiro atoms. The Balaban J connectivity index is 2.15. The Morgan fingerprint density at radius 1 is 1.24 bits per heavy atom. The lowest BCUT2D eigenvalue weighted by molar-refractivity contribution is 0.407. The third kappa shape index (κ3) is 3.45. The number of hydrogen-bond acceptors (Lipinski definition) is 3. The van der Waals surface area contributed by atoms with Gasteiger partial charge in [-0.1, -0.05) is 17.7 Å². The molecule has 2 rings (SSSR count). The van der Waals surface area contributed by atoms with Gasteiger partial charge in [-0.2, -0.15) is 5.10 Å². The van der Waals surface area contributed by atoms with Crippen LogP contribution in [0.2, 0.25) is 0 Å². The summed E-state index contributed by atoms with van der Waals surface area (Å²) in [5.74, 6) is 0.913. The quantitative estimate of drug-likeness (QED) is 0.919. The maximum absolute atomic E-state index is 6.37. The molecule has 2 aromatic rings. The number of aryl methyl sites for hydroxylation is 3. The Labute approximate surface area is 126 Å². The zero-order valence-corrected chi connectivity index (χ0v) is 13.6. The van der Waals surface area contributed by atoms with Gasteiger partial charge < -0.3 is 10.5 Å². The van der Waals surface area contributed by atoms with Crippen LogP contribution >= 0.6 is 0 Å². The van der Waals surface area contributed by atoms with Crippen LogP contribution < -0.4 is 10.5 Å². The number of methoxy groups -OCH3 is 1. The number of nitrogens with zero attached hydrogens (tertiary/aromatic N) is 2. The van der Waals surface area contributed by atoms with E-state index >= 15 is 0 Å². The Morgan fingerprint density at radius 3 is 2.52 bits per heavy atom. The first-order chi connectivity index (χ1) is 9.92. The molecular weight excluding hydrogens is 262 g/mol. The van der Waals surface area contributed by atoms with Crippen molar-refractivity contribution >= 4 is 0 Å². The Hall–Kier alpha value is -1.81. The van der Waals surface area contributed by atoms with Gasteiger partial charge in [-0.05, 0) is 50.8 Å². The van der Waals surface area contributed by atoms with Crippen LogP contribution in [0.1, 0.15) is 28.1 Å². The van der Waals surface area contributed by atoms with Crippen molar-refractivity contribution in [1.82, 2.24) is 9.78 Å². The summed E-state index contributed by atoms with van der Waals surface area (Å²) in [6, 6.07) is 6.28. The van der Waals surface area contributed by atoms with Gasteiger partial charge in [0.1, 0.15) is 5.75 Å². The lowest BCUT2D eigenvalue weighted by Crippen LogP contribution is -2.26. The summed E-state index contributed by atoms with van der Waals surface area (Å²) in [5, 5.41) is 4.45. The highest BCUT2D eigenvalue weighted by atomic mass is 16.5. The van der Waals surface area contributed by atoms with Crippen molar-refractivity contribution in [3.8, 4) is 5.75 Å². The van der Waals surface area contributed by atoms with E-state index in [1.165, 1.54) is 22.4 Å². The molecule has 1 unspecified atom stereocenters. The van der Waals surface area contributed by atoms with Gasteiger partial charge in [0.25, 0.3) is 0 Å². The van der Waals surface area contributed by atoms with Gasteiger partial charge in [-0.3, -0.25) is 4.68 Å². The fourth-order valence-corrected chi connectivity index (χ4v) is 2.80. The molecule has 4 heteroatoms. The van der Waals surface area contributed by atoms with E-state index in [0.717, 1.165) is 24.3 Å². The lowest BCUT2D eigenvalue weighted by atomic mass is 9.97. The van der Waals surface area contributed by atoms with E-state index in [1.807, 2.05) is 24.7 Å². The molecule has 0 aliphatic heterocycles. The molecule has 0 saturated carbocycles. The summed E-state index contributed by atoms with van der Waals surface area (Å²) in [7, 11) is 3.68. The molecule has 0 fully saturated rings. The molecular formula is C17H25N3O. The molecule has 114 valence electrons. The van der Waals surface area contributed by atoms with E-state index in [4.69, 9.17) is 10.5 Å². The Kier molecular flexibility index (Phi) is 4.68. The normalized spacial score (nSPS) is 12.5. The van der Waals surface area contributed by atoms with Crippen LogP contribution in [0.5, 0.6) is 5.75 Å². The van der Waals surface area contributed by atoms with Gasteiger partial charge in [-0.15, -0.1) is 0 Å². The van der Waals surface area contributed by atoms with Gasteiger partial charge in [-0.25, -0.2) is 0 Å². The van der Waals surface area contributed by atoms with Crippen LogP contribution in [-0.2, 0) is 19.9 Å². The first-order valence-corrected chi connectivity index (χ1v) is 7.30. The number of ether oxygens (including phenoxy) is 1. The van der Waals surface area contributed by atoms with Crippen LogP contribution in [-0.4, -0.2) is 22.9 Å². The van der Waals surface area contributed by atoms with Crippen molar-refractivity contribution in [2.75, 3.05) is 7.11 Å². The average molecular weight is 287 g/mol. The smallest absolute Gasteiger partial charge is 0.122 e. The summed E-state index contributed by atoms with van der Waals surface area (Å²) in [6.07, 6.45) is 1.64. The summed E-state index contributed by atoms with van der Waals surface area (Å²) >= 11 is 0. The Bertz CT molecular complexity index is 631. The van der Waals surface area contributed by atoms with Gasteiger partial charge in [0.05, 0.1) is 12.8 Å². The molecule has 4 nitrogen and oxygen atoms in total. The maximum Gasteiger partial charge on any atom is 0.122 e. The van der Waals surface area contributed by atoms with Crippen LogP contribution in [0, 0.1) is 20.8 Å². The minimum absolute atomic E-state index is 0.0577. The molecule has 0 bridgehead atoms. The van der Waals surface area contributed by atoms with E-state index in [1.54, 1.807) is 7.11 Å². The SMILES string of the molecule is COc1ccc(C)cc1CC(N)Cc1c(C)nn(C)c1C. The van der Waals surface area contributed by atoms with Gasteiger partial charge in [0.15, 0.2) is 0 Å². The van der Waals surface area contributed by atoms with E-state index in [9.17, 15) is 0 Å². The number of benzene rings is 1. The second-order valence-corrected chi connectivity index (χ2v) is 5.76. The number of aromatic nitrogens is 2. The monoisotopic (exact) mass is 287 g/mol. The third-order valence-corrected chi connectivity index (χ3v) is 4.04. The molecule has 1 aromatic heterocycles. The minimum atomic E-state index is 0.0577. The molecule has 21 heavy (non-hydrogen) atoms. The molecule has 2 N–H and O–H groups in total. The number of hydrogen-bond donors (Lipinski definition) is 1. The van der Waals surface area contributed by atoms with E-state index < -0.39 is 0 Å². The second-order valence-electron chi connectivity index (χ2n) is 5.76. The first kappa shape index (κ1) is 15.6. The summed E-state index contributed by atoms with van der Waals surface area (Å²) < 4.78 is 7.35. The Morgan fingerprint density at radius 2 is 1.95 bits per heavy atom. The first-order valence-electron chi connectivity index (χ1n) is 7.30. The van der Waals surface area contributed by atoms with Crippen molar-refractivity contribution in [2.45, 2.75) is 39.7 Å². The zero-order valence-electron chi connectivity index (χ0n) is 13.6. The van der Waals surface area contributed by atoms with Crippen LogP contribution in [0.15, 0.2) is 18.2 Å². The summed E-state index contributed by atoms with van der Waals surface area (Å²) in [5.41, 5.74) is 12.3. The van der Waals surface area contributed by atoms with Crippen LogP contribution in [0.4, 0.5) is 0 Å². The van der Waals surface area contributed by atoms with Crippen molar-refractivity contribution in [2.24, 2.45) is 12.8 Å². The number of rotatable bonds is 5. The zero-order chi connectivity index (χ0) is 15.6. The molecule has 0 aliphatic carbocycles. The van der Waals surface area contributed by atoms with E-state index in [-0.39, 0.29) is 6.04 Å². The van der Waals surface area contributed by atoms with Gasteiger partial charge in [0.2, 0.25) is 0 Å². The van der Waals surface area contributed by atoms with Crippen molar-refractivity contribution < 1.29 is 4.74 Å². The molecule has 0 amide bonds.